The van der Waals surface area contributed by atoms with Crippen molar-refractivity contribution in [1.29, 1.82) is 0 Å². The molecule has 59 heavy (non-hydrogen) atoms. The molecule has 4 heterocycles. The molecule has 0 bridgehead atoms. The summed E-state index contributed by atoms with van der Waals surface area (Å²) >= 11 is 0. The molecule has 0 radical (unpaired) electrons. The van der Waals surface area contributed by atoms with Crippen LogP contribution in [0.5, 0.6) is 0 Å². The van der Waals surface area contributed by atoms with Gasteiger partial charge in [0.25, 0.3) is 22.9 Å². The Hall–Kier alpha value is -7.61. The number of hydrogen-bond acceptors (Lipinski definition) is 15. The molecule has 6 aromatic rings. The van der Waals surface area contributed by atoms with Crippen LogP contribution >= 0.6 is 0 Å². The van der Waals surface area contributed by atoms with Gasteiger partial charge >= 0.3 is 6.09 Å². The highest BCUT2D eigenvalue weighted by molar-refractivity contribution is 5.99. The standard InChI is InChI=1S/C22H27N7O4.C17H19N7O2/c1-12(26-21(32)33-22(2,3)4)11-25-20-28-18(16(17(23)30)19(31)29-20)27-14-7-8-15-13(10-14)6-5-9-24-15;1-9(18)8-21-17-23-15(13(14(19)25)16(26)24-17)22-11-4-5-12-10(7-11)3-2-6-20-12/h5-10,12H,11H2,1-4H3,(H2,23,30)(H,26,32)(H3,25,27,28,29,31);2-7,9H,8,18H2,1H3,(H2,19,25)(H3,21,22,23,24,26)/t12-;9-/m00/s1. The van der Waals surface area contributed by atoms with E-state index in [2.05, 4.69) is 56.5 Å². The fraction of sp³-hybridized carbons (Fsp3) is 0.256. The third-order valence-electron chi connectivity index (χ3n) is 7.99. The molecule has 13 N–H and O–H groups in total. The highest BCUT2D eigenvalue weighted by atomic mass is 16.6. The van der Waals surface area contributed by atoms with E-state index >= 15 is 0 Å². The van der Waals surface area contributed by atoms with Gasteiger partial charge in [-0.25, -0.2) is 4.79 Å². The quantitative estimate of drug-likeness (QED) is 0.0800. The second-order valence-electron chi connectivity index (χ2n) is 14.4. The molecule has 20 nitrogen and oxygen atoms in total. The van der Waals surface area contributed by atoms with E-state index in [0.29, 0.717) is 17.9 Å². The highest BCUT2D eigenvalue weighted by Gasteiger charge is 2.20. The average molecular weight is 807 g/mol. The van der Waals surface area contributed by atoms with E-state index in [0.717, 1.165) is 21.8 Å². The lowest BCUT2D eigenvalue weighted by atomic mass is 10.2. The summed E-state index contributed by atoms with van der Waals surface area (Å²) in [6.07, 6.45) is 2.83. The molecule has 0 fully saturated rings. The lowest BCUT2D eigenvalue weighted by molar-refractivity contribution is 0.0510. The summed E-state index contributed by atoms with van der Waals surface area (Å²) in [6, 6.07) is 17.8. The van der Waals surface area contributed by atoms with E-state index in [1.165, 1.54) is 0 Å². The summed E-state index contributed by atoms with van der Waals surface area (Å²) in [4.78, 5) is 82.3. The van der Waals surface area contributed by atoms with Crippen LogP contribution in [0.25, 0.3) is 21.8 Å². The molecule has 0 spiro atoms. The number of carbonyl (C=O) groups excluding carboxylic acids is 3. The van der Waals surface area contributed by atoms with Gasteiger partial charge in [-0.2, -0.15) is 9.97 Å². The Morgan fingerprint density at radius 3 is 1.61 bits per heavy atom. The number of alkyl carbamates (subject to hydrolysis) is 1. The second-order valence-corrected chi connectivity index (χ2v) is 14.4. The minimum Gasteiger partial charge on any atom is -0.444 e. The number of ether oxygens (including phenoxy) is 1. The molecule has 0 saturated carbocycles. The van der Waals surface area contributed by atoms with Gasteiger partial charge in [0.1, 0.15) is 16.7 Å². The van der Waals surface area contributed by atoms with Gasteiger partial charge in [-0.05, 0) is 83.1 Å². The van der Waals surface area contributed by atoms with Crippen LogP contribution in [0, 0.1) is 0 Å². The zero-order chi connectivity index (χ0) is 42.9. The van der Waals surface area contributed by atoms with Gasteiger partial charge in [-0.1, -0.05) is 12.1 Å². The zero-order valence-electron chi connectivity index (χ0n) is 33.0. The topological polar surface area (TPSA) is 316 Å². The SMILES string of the molecule is C[C@@H](CNc1nc(Nc2ccc3ncccc3c2)c(C(N)=O)c(=O)[nH]1)NC(=O)OC(C)(C)C.C[C@H](N)CNc1nc(Nc2ccc3ncccc3c2)c(C(N)=O)c(=O)[nH]1. The van der Waals surface area contributed by atoms with Crippen molar-refractivity contribution in [3.63, 3.8) is 0 Å². The molecule has 0 unspecified atom stereocenters. The molecule has 308 valence electrons. The van der Waals surface area contributed by atoms with E-state index in [9.17, 15) is 24.0 Å². The molecule has 0 aliphatic heterocycles. The predicted octanol–water partition coefficient (Wildman–Crippen LogP) is 3.41. The first-order valence-electron chi connectivity index (χ1n) is 18.3. The van der Waals surface area contributed by atoms with Crippen molar-refractivity contribution in [1.82, 2.24) is 35.2 Å². The fourth-order valence-corrected chi connectivity index (χ4v) is 5.40. The molecule has 2 atom stereocenters. The monoisotopic (exact) mass is 806 g/mol. The van der Waals surface area contributed by atoms with Gasteiger partial charge in [-0.15, -0.1) is 0 Å². The number of rotatable bonds is 13. The van der Waals surface area contributed by atoms with E-state index in [1.807, 2.05) is 43.3 Å². The lowest BCUT2D eigenvalue weighted by Crippen LogP contribution is -2.41. The van der Waals surface area contributed by atoms with E-state index in [4.69, 9.17) is 21.9 Å². The van der Waals surface area contributed by atoms with Crippen LogP contribution in [0.3, 0.4) is 0 Å². The lowest BCUT2D eigenvalue weighted by Gasteiger charge is -2.22. The Kier molecular flexibility index (Phi) is 13.4. The van der Waals surface area contributed by atoms with Gasteiger partial charge in [0.05, 0.1) is 11.0 Å². The number of anilines is 6. The summed E-state index contributed by atoms with van der Waals surface area (Å²) < 4.78 is 5.22. The Morgan fingerprint density at radius 1 is 0.729 bits per heavy atom. The van der Waals surface area contributed by atoms with Crippen LogP contribution in [-0.4, -0.2) is 78.6 Å². The summed E-state index contributed by atoms with van der Waals surface area (Å²) in [7, 11) is 0. The van der Waals surface area contributed by atoms with Crippen molar-refractivity contribution < 1.29 is 19.1 Å². The summed E-state index contributed by atoms with van der Waals surface area (Å²) in [5.74, 6) is -1.42. The van der Waals surface area contributed by atoms with Crippen molar-refractivity contribution >= 4 is 74.6 Å². The molecule has 20 heteroatoms. The third-order valence-corrected chi connectivity index (χ3v) is 7.99. The summed E-state index contributed by atoms with van der Waals surface area (Å²) in [5.41, 5.74) is 16.8. The minimum absolute atomic E-state index is 0.00439. The predicted molar refractivity (Wildman–Crippen MR) is 226 cm³/mol. The maximum absolute atomic E-state index is 12.5. The molecule has 0 aliphatic carbocycles. The molecule has 3 amide bonds. The van der Waals surface area contributed by atoms with Gasteiger partial charge in [-0.3, -0.25) is 39.1 Å². The number of hydrogen-bond donors (Lipinski definition) is 10. The van der Waals surface area contributed by atoms with Gasteiger partial charge in [0, 0.05) is 59.7 Å². The zero-order valence-corrected chi connectivity index (χ0v) is 33.0. The summed E-state index contributed by atoms with van der Waals surface area (Å²) in [6.45, 7) is 9.51. The highest BCUT2D eigenvalue weighted by Crippen LogP contribution is 2.23. The van der Waals surface area contributed by atoms with Crippen LogP contribution in [0.4, 0.5) is 39.7 Å². The molecule has 0 saturated heterocycles. The van der Waals surface area contributed by atoms with Crippen molar-refractivity contribution in [2.75, 3.05) is 34.4 Å². The second kappa shape index (κ2) is 18.6. The van der Waals surface area contributed by atoms with Crippen molar-refractivity contribution in [2.45, 2.75) is 52.3 Å². The maximum atomic E-state index is 12.5. The van der Waals surface area contributed by atoms with Gasteiger partial charge in [0.15, 0.2) is 11.6 Å². The first-order chi connectivity index (χ1) is 27.9. The van der Waals surface area contributed by atoms with Crippen LogP contribution in [0.2, 0.25) is 0 Å². The number of nitrogens with zero attached hydrogens (tertiary/aromatic N) is 4. The van der Waals surface area contributed by atoms with Crippen LogP contribution < -0.4 is 54.9 Å². The Morgan fingerprint density at radius 2 is 1.19 bits per heavy atom. The number of carbonyl (C=O) groups is 3. The Bertz CT molecular complexity index is 2600. The van der Waals surface area contributed by atoms with Gasteiger partial charge < -0.3 is 48.5 Å². The van der Waals surface area contributed by atoms with Crippen LogP contribution in [0.15, 0.2) is 82.6 Å². The Labute approximate surface area is 337 Å². The molecule has 6 rings (SSSR count). The smallest absolute Gasteiger partial charge is 0.407 e. The largest absolute Gasteiger partial charge is 0.444 e. The molecule has 2 aromatic carbocycles. The number of amides is 3. The third kappa shape index (κ3) is 11.9. The Balaban J connectivity index is 0.000000230. The number of pyridine rings is 2. The van der Waals surface area contributed by atoms with Gasteiger partial charge in [0.2, 0.25) is 11.9 Å². The van der Waals surface area contributed by atoms with E-state index < -0.39 is 34.6 Å². The number of benzene rings is 2. The molecule has 4 aromatic heterocycles. The number of primary amides is 2. The maximum Gasteiger partial charge on any atom is 0.407 e. The van der Waals surface area contributed by atoms with E-state index in [1.54, 1.807) is 64.4 Å². The molecular weight excluding hydrogens is 761 g/mol. The molecular formula is C39H46N14O6. The number of aromatic nitrogens is 6. The first kappa shape index (κ1) is 42.5. The molecule has 0 aliphatic rings. The normalized spacial score (nSPS) is 12.0. The fourth-order valence-electron chi connectivity index (χ4n) is 5.40. The van der Waals surface area contributed by atoms with Crippen molar-refractivity contribution in [2.24, 2.45) is 17.2 Å². The summed E-state index contributed by atoms with van der Waals surface area (Å²) in [5, 5.41) is 16.3. The average Bonchev–Trinajstić information content (AvgIpc) is 3.15. The first-order valence-corrected chi connectivity index (χ1v) is 18.3. The number of nitrogens with two attached hydrogens (primary N) is 3. The van der Waals surface area contributed by atoms with Crippen LogP contribution in [0.1, 0.15) is 55.3 Å². The number of H-pyrrole nitrogens is 2. The minimum atomic E-state index is -0.916. The van der Waals surface area contributed by atoms with Crippen molar-refractivity contribution in [3.8, 4) is 0 Å². The van der Waals surface area contributed by atoms with Crippen molar-refractivity contribution in [3.05, 3.63) is 105 Å². The number of nitrogens with one attached hydrogen (secondary N) is 7. The number of aromatic amines is 2. The van der Waals surface area contributed by atoms with Crippen LogP contribution in [-0.2, 0) is 4.74 Å². The number of fused-ring (bicyclic) bond motifs is 2. The van der Waals surface area contributed by atoms with E-state index in [-0.39, 0.29) is 53.3 Å².